The molecule has 0 aliphatic heterocycles. The van der Waals surface area contributed by atoms with Crippen molar-refractivity contribution in [3.05, 3.63) is 34.9 Å². The van der Waals surface area contributed by atoms with Crippen LogP contribution in [0.2, 0.25) is 0 Å². The lowest BCUT2D eigenvalue weighted by Gasteiger charge is -2.24. The van der Waals surface area contributed by atoms with Gasteiger partial charge in [-0.25, -0.2) is 0 Å². The zero-order valence-corrected chi connectivity index (χ0v) is 12.2. The molecule has 18 heavy (non-hydrogen) atoms. The first kappa shape index (κ1) is 13.6. The molecule has 1 aliphatic carbocycles. The lowest BCUT2D eigenvalue weighted by Crippen LogP contribution is -2.32. The van der Waals surface area contributed by atoms with Crippen molar-refractivity contribution in [2.75, 3.05) is 27.2 Å². The number of nitrogens with one attached hydrogen (secondary N) is 1. The van der Waals surface area contributed by atoms with Crippen LogP contribution in [0.25, 0.3) is 0 Å². The molecule has 1 aliphatic rings. The van der Waals surface area contributed by atoms with Crippen molar-refractivity contribution in [1.82, 2.24) is 10.2 Å². The van der Waals surface area contributed by atoms with E-state index in [2.05, 4.69) is 56.4 Å². The second kappa shape index (κ2) is 5.85. The van der Waals surface area contributed by atoms with Gasteiger partial charge < -0.3 is 10.2 Å². The van der Waals surface area contributed by atoms with E-state index < -0.39 is 0 Å². The quantitative estimate of drug-likeness (QED) is 0.830. The Morgan fingerprint density at radius 1 is 1.28 bits per heavy atom. The second-order valence-corrected chi connectivity index (χ2v) is 5.85. The molecule has 1 N–H and O–H groups in total. The Balaban J connectivity index is 1.99. The normalized spacial score (nSPS) is 17.2. The predicted octanol–water partition coefficient (Wildman–Crippen LogP) is 2.91. The van der Waals surface area contributed by atoms with Gasteiger partial charge in [0.25, 0.3) is 0 Å². The van der Waals surface area contributed by atoms with Crippen LogP contribution in [-0.2, 0) is 0 Å². The van der Waals surface area contributed by atoms with E-state index >= 15 is 0 Å². The van der Waals surface area contributed by atoms with Gasteiger partial charge in [-0.15, -0.1) is 0 Å². The summed E-state index contributed by atoms with van der Waals surface area (Å²) in [5.41, 5.74) is 4.17. The van der Waals surface area contributed by atoms with Gasteiger partial charge in [-0.3, -0.25) is 0 Å². The monoisotopic (exact) mass is 246 g/mol. The van der Waals surface area contributed by atoms with Crippen LogP contribution in [0.1, 0.15) is 35.6 Å². The molecular weight excluding hydrogens is 220 g/mol. The van der Waals surface area contributed by atoms with Crippen molar-refractivity contribution in [3.63, 3.8) is 0 Å². The number of rotatable bonds is 6. The van der Waals surface area contributed by atoms with Gasteiger partial charge in [0.15, 0.2) is 0 Å². The Morgan fingerprint density at radius 3 is 2.56 bits per heavy atom. The lowest BCUT2D eigenvalue weighted by molar-refractivity contribution is 0.286. The summed E-state index contributed by atoms with van der Waals surface area (Å²) in [7, 11) is 4.30. The minimum absolute atomic E-state index is 0.438. The molecule has 1 atom stereocenters. The molecule has 0 bridgehead atoms. The minimum atomic E-state index is 0.438. The van der Waals surface area contributed by atoms with Crippen molar-refractivity contribution in [1.29, 1.82) is 0 Å². The maximum absolute atomic E-state index is 3.45. The summed E-state index contributed by atoms with van der Waals surface area (Å²) in [6, 6.07) is 7.25. The Morgan fingerprint density at radius 2 is 2.00 bits per heavy atom. The van der Waals surface area contributed by atoms with Crippen molar-refractivity contribution in [3.8, 4) is 0 Å². The third kappa shape index (κ3) is 3.56. The molecular formula is C16H26N2. The SMILES string of the molecule is CNC(CN(C)CC1CC1)c1ccc(C)c(C)c1. The second-order valence-electron chi connectivity index (χ2n) is 5.85. The molecule has 0 spiro atoms. The molecule has 0 aromatic heterocycles. The van der Waals surface area contributed by atoms with Crippen LogP contribution >= 0.6 is 0 Å². The number of nitrogens with zero attached hydrogens (tertiary/aromatic N) is 1. The Bertz CT molecular complexity index is 396. The number of benzene rings is 1. The molecule has 0 radical (unpaired) electrons. The fraction of sp³-hybridized carbons (Fsp3) is 0.625. The molecule has 1 saturated carbocycles. The Labute approximate surface area is 111 Å². The maximum Gasteiger partial charge on any atom is 0.0446 e. The van der Waals surface area contributed by atoms with E-state index in [0.717, 1.165) is 12.5 Å². The first-order chi connectivity index (χ1) is 8.60. The first-order valence-electron chi connectivity index (χ1n) is 7.03. The number of hydrogen-bond donors (Lipinski definition) is 1. The largest absolute Gasteiger partial charge is 0.312 e. The van der Waals surface area contributed by atoms with Crippen molar-refractivity contribution < 1.29 is 0 Å². The molecule has 0 amide bonds. The molecule has 1 aromatic carbocycles. The average Bonchev–Trinajstić information content (AvgIpc) is 3.13. The van der Waals surface area contributed by atoms with Crippen LogP contribution in [0.5, 0.6) is 0 Å². The zero-order valence-electron chi connectivity index (χ0n) is 12.2. The maximum atomic E-state index is 3.45. The summed E-state index contributed by atoms with van der Waals surface area (Å²) in [6.45, 7) is 6.71. The van der Waals surface area contributed by atoms with Gasteiger partial charge in [-0.05, 0) is 63.4 Å². The molecule has 100 valence electrons. The van der Waals surface area contributed by atoms with E-state index in [4.69, 9.17) is 0 Å². The van der Waals surface area contributed by atoms with Crippen LogP contribution in [0.3, 0.4) is 0 Å². The van der Waals surface area contributed by atoms with E-state index in [9.17, 15) is 0 Å². The van der Waals surface area contributed by atoms with E-state index in [1.54, 1.807) is 0 Å². The lowest BCUT2D eigenvalue weighted by atomic mass is 10.0. The van der Waals surface area contributed by atoms with Crippen molar-refractivity contribution in [2.45, 2.75) is 32.7 Å². The highest BCUT2D eigenvalue weighted by Gasteiger charge is 2.23. The fourth-order valence-corrected chi connectivity index (χ4v) is 2.47. The number of aryl methyl sites for hydroxylation is 2. The van der Waals surface area contributed by atoms with Gasteiger partial charge >= 0.3 is 0 Å². The highest BCUT2D eigenvalue weighted by atomic mass is 15.1. The van der Waals surface area contributed by atoms with E-state index in [1.165, 1.54) is 36.1 Å². The average molecular weight is 246 g/mol. The summed E-state index contributed by atoms with van der Waals surface area (Å²) in [6.07, 6.45) is 2.86. The van der Waals surface area contributed by atoms with Crippen molar-refractivity contribution >= 4 is 0 Å². The van der Waals surface area contributed by atoms with Gasteiger partial charge in [0.1, 0.15) is 0 Å². The van der Waals surface area contributed by atoms with Gasteiger partial charge in [0.2, 0.25) is 0 Å². The minimum Gasteiger partial charge on any atom is -0.312 e. The smallest absolute Gasteiger partial charge is 0.0446 e. The highest BCUT2D eigenvalue weighted by Crippen LogP contribution is 2.29. The third-order valence-corrected chi connectivity index (χ3v) is 4.04. The van der Waals surface area contributed by atoms with E-state index in [0.29, 0.717) is 6.04 Å². The predicted molar refractivity (Wildman–Crippen MR) is 77.9 cm³/mol. The topological polar surface area (TPSA) is 15.3 Å². The molecule has 1 unspecified atom stereocenters. The van der Waals surface area contributed by atoms with Crippen molar-refractivity contribution in [2.24, 2.45) is 5.92 Å². The van der Waals surface area contributed by atoms with Crippen LogP contribution in [0.15, 0.2) is 18.2 Å². The number of hydrogen-bond acceptors (Lipinski definition) is 2. The van der Waals surface area contributed by atoms with Gasteiger partial charge in [0.05, 0.1) is 0 Å². The molecule has 2 heteroatoms. The molecule has 1 aromatic rings. The van der Waals surface area contributed by atoms with Gasteiger partial charge in [-0.1, -0.05) is 18.2 Å². The van der Waals surface area contributed by atoms with Gasteiger partial charge in [0, 0.05) is 19.1 Å². The van der Waals surface area contributed by atoms with Crippen LogP contribution in [0.4, 0.5) is 0 Å². The molecule has 0 heterocycles. The number of likely N-dealkylation sites (N-methyl/N-ethyl adjacent to an activating group) is 2. The van der Waals surface area contributed by atoms with Crippen LogP contribution < -0.4 is 5.32 Å². The zero-order chi connectivity index (χ0) is 13.1. The molecule has 0 saturated heterocycles. The summed E-state index contributed by atoms with van der Waals surface area (Å²) in [5.74, 6) is 0.965. The molecule has 1 fully saturated rings. The first-order valence-corrected chi connectivity index (χ1v) is 7.03. The fourth-order valence-electron chi connectivity index (χ4n) is 2.47. The Hall–Kier alpha value is -0.860. The Kier molecular flexibility index (Phi) is 4.41. The van der Waals surface area contributed by atoms with E-state index in [-0.39, 0.29) is 0 Å². The summed E-state index contributed by atoms with van der Waals surface area (Å²) < 4.78 is 0. The van der Waals surface area contributed by atoms with Crippen LogP contribution in [-0.4, -0.2) is 32.1 Å². The molecule has 2 nitrogen and oxygen atoms in total. The standard InChI is InChI=1S/C16H26N2/c1-12-5-8-15(9-13(12)2)16(17-3)11-18(4)10-14-6-7-14/h5,8-9,14,16-17H,6-7,10-11H2,1-4H3. The van der Waals surface area contributed by atoms with Crippen LogP contribution in [0, 0.1) is 19.8 Å². The van der Waals surface area contributed by atoms with E-state index in [1.807, 2.05) is 0 Å². The third-order valence-electron chi connectivity index (χ3n) is 4.04. The summed E-state index contributed by atoms with van der Waals surface area (Å²) in [4.78, 5) is 2.47. The van der Waals surface area contributed by atoms with Gasteiger partial charge in [-0.2, -0.15) is 0 Å². The molecule has 2 rings (SSSR count). The summed E-state index contributed by atoms with van der Waals surface area (Å²) >= 11 is 0. The summed E-state index contributed by atoms with van der Waals surface area (Å²) in [5, 5.41) is 3.45. The highest BCUT2D eigenvalue weighted by molar-refractivity contribution is 5.31.